The Hall–Kier alpha value is -1.52. The number of aryl methyl sites for hydroxylation is 1. The van der Waals surface area contributed by atoms with E-state index >= 15 is 0 Å². The normalized spacial score (nSPS) is 13.1. The van der Waals surface area contributed by atoms with E-state index in [1.807, 2.05) is 18.7 Å². The third-order valence-electron chi connectivity index (χ3n) is 3.62. The quantitative estimate of drug-likeness (QED) is 0.375. The predicted octanol–water partition coefficient (Wildman–Crippen LogP) is 3.19. The number of aliphatic imine (C=N–C) groups is 1. The number of rotatable bonds is 11. The number of hydrogen-bond acceptors (Lipinski definition) is 2. The second-order valence-electron chi connectivity index (χ2n) is 5.81. The van der Waals surface area contributed by atoms with Crippen LogP contribution in [0.3, 0.4) is 0 Å². The first-order chi connectivity index (χ1) is 10.8. The van der Waals surface area contributed by atoms with Gasteiger partial charge < -0.3 is 15.2 Å². The molecule has 1 atom stereocenters. The number of guanidine groups is 1. The fraction of sp³-hybridized carbons (Fsp3) is 0.765. The monoisotopic (exact) mass is 307 g/mol. The van der Waals surface area contributed by atoms with Crippen molar-refractivity contribution in [1.82, 2.24) is 20.2 Å². The van der Waals surface area contributed by atoms with Gasteiger partial charge in [0.1, 0.15) is 0 Å². The summed E-state index contributed by atoms with van der Waals surface area (Å²) in [5, 5.41) is 6.84. The van der Waals surface area contributed by atoms with Crippen molar-refractivity contribution in [1.29, 1.82) is 0 Å². The van der Waals surface area contributed by atoms with E-state index in [1.165, 1.54) is 32.1 Å². The van der Waals surface area contributed by atoms with E-state index in [0.29, 0.717) is 6.04 Å². The van der Waals surface area contributed by atoms with Gasteiger partial charge in [-0.25, -0.2) is 4.98 Å². The molecule has 1 rings (SSSR count). The Labute approximate surface area is 135 Å². The van der Waals surface area contributed by atoms with Crippen molar-refractivity contribution >= 4 is 5.96 Å². The Balaban J connectivity index is 2.25. The Morgan fingerprint density at radius 3 is 2.77 bits per heavy atom. The zero-order valence-corrected chi connectivity index (χ0v) is 14.5. The summed E-state index contributed by atoms with van der Waals surface area (Å²) in [7, 11) is 0. The van der Waals surface area contributed by atoms with Gasteiger partial charge in [0.2, 0.25) is 0 Å². The van der Waals surface area contributed by atoms with Crippen LogP contribution in [-0.2, 0) is 6.54 Å². The van der Waals surface area contributed by atoms with Crippen LogP contribution in [0.25, 0.3) is 0 Å². The lowest BCUT2D eigenvalue weighted by Gasteiger charge is -2.17. The number of hydrogen-bond donors (Lipinski definition) is 2. The number of aromatic nitrogens is 2. The summed E-state index contributed by atoms with van der Waals surface area (Å²) >= 11 is 0. The van der Waals surface area contributed by atoms with Crippen LogP contribution in [0.1, 0.15) is 59.3 Å². The smallest absolute Gasteiger partial charge is 0.191 e. The number of nitrogens with one attached hydrogen (secondary N) is 2. The van der Waals surface area contributed by atoms with Gasteiger partial charge in [-0.3, -0.25) is 4.99 Å². The SMILES string of the molecule is CCCCCCC(C)NC(=NCCCn1ccnc1)NCC. The van der Waals surface area contributed by atoms with E-state index < -0.39 is 0 Å². The zero-order chi connectivity index (χ0) is 16.0. The molecule has 1 aromatic rings. The van der Waals surface area contributed by atoms with E-state index in [1.54, 1.807) is 0 Å². The van der Waals surface area contributed by atoms with Gasteiger partial charge in [-0.05, 0) is 26.7 Å². The molecule has 0 saturated heterocycles. The van der Waals surface area contributed by atoms with Crippen molar-refractivity contribution in [2.24, 2.45) is 4.99 Å². The van der Waals surface area contributed by atoms with E-state index in [0.717, 1.165) is 32.0 Å². The number of unbranched alkanes of at least 4 members (excludes halogenated alkanes) is 3. The molecule has 0 aliphatic heterocycles. The second kappa shape index (κ2) is 12.1. The zero-order valence-electron chi connectivity index (χ0n) is 14.5. The van der Waals surface area contributed by atoms with Crippen LogP contribution in [0.5, 0.6) is 0 Å². The fourth-order valence-electron chi connectivity index (χ4n) is 2.37. The molecule has 5 heteroatoms. The van der Waals surface area contributed by atoms with Gasteiger partial charge in [0.05, 0.1) is 6.33 Å². The van der Waals surface area contributed by atoms with Crippen LogP contribution in [0.15, 0.2) is 23.7 Å². The molecular formula is C17H33N5. The molecule has 0 spiro atoms. The van der Waals surface area contributed by atoms with E-state index in [2.05, 4.69) is 45.9 Å². The van der Waals surface area contributed by atoms with Crippen LogP contribution in [0.4, 0.5) is 0 Å². The first-order valence-electron chi connectivity index (χ1n) is 8.76. The maximum Gasteiger partial charge on any atom is 0.191 e. The highest BCUT2D eigenvalue weighted by Gasteiger charge is 2.04. The van der Waals surface area contributed by atoms with Gasteiger partial charge in [0.15, 0.2) is 5.96 Å². The van der Waals surface area contributed by atoms with Gasteiger partial charge in [0, 0.05) is 38.1 Å². The maximum atomic E-state index is 4.66. The van der Waals surface area contributed by atoms with Gasteiger partial charge in [-0.1, -0.05) is 32.6 Å². The second-order valence-corrected chi connectivity index (χ2v) is 5.81. The highest BCUT2D eigenvalue weighted by atomic mass is 15.2. The molecule has 5 nitrogen and oxygen atoms in total. The molecular weight excluding hydrogens is 274 g/mol. The van der Waals surface area contributed by atoms with Crippen LogP contribution in [0.2, 0.25) is 0 Å². The molecule has 0 radical (unpaired) electrons. The minimum atomic E-state index is 0.475. The lowest BCUT2D eigenvalue weighted by Crippen LogP contribution is -2.42. The van der Waals surface area contributed by atoms with Crippen LogP contribution in [-0.4, -0.2) is 34.6 Å². The van der Waals surface area contributed by atoms with Crippen LogP contribution < -0.4 is 10.6 Å². The molecule has 0 aliphatic carbocycles. The topological polar surface area (TPSA) is 54.2 Å². The van der Waals surface area contributed by atoms with Crippen molar-refractivity contribution in [3.05, 3.63) is 18.7 Å². The predicted molar refractivity (Wildman–Crippen MR) is 94.2 cm³/mol. The summed E-state index contributed by atoms with van der Waals surface area (Å²) in [6, 6.07) is 0.475. The van der Waals surface area contributed by atoms with Crippen molar-refractivity contribution in [2.45, 2.75) is 71.9 Å². The number of imidazole rings is 1. The molecule has 1 aromatic heterocycles. The van der Waals surface area contributed by atoms with E-state index in [9.17, 15) is 0 Å². The van der Waals surface area contributed by atoms with Crippen molar-refractivity contribution in [3.8, 4) is 0 Å². The van der Waals surface area contributed by atoms with Gasteiger partial charge in [-0.2, -0.15) is 0 Å². The first-order valence-corrected chi connectivity index (χ1v) is 8.76. The van der Waals surface area contributed by atoms with Gasteiger partial charge in [-0.15, -0.1) is 0 Å². The summed E-state index contributed by atoms with van der Waals surface area (Å²) in [5.74, 6) is 0.941. The highest BCUT2D eigenvalue weighted by molar-refractivity contribution is 5.79. The Morgan fingerprint density at radius 1 is 1.23 bits per heavy atom. The molecule has 0 saturated carbocycles. The lowest BCUT2D eigenvalue weighted by atomic mass is 10.1. The summed E-state index contributed by atoms with van der Waals surface area (Å²) < 4.78 is 2.09. The van der Waals surface area contributed by atoms with Crippen LogP contribution >= 0.6 is 0 Å². The molecule has 126 valence electrons. The summed E-state index contributed by atoms with van der Waals surface area (Å²) in [6.07, 6.45) is 13.2. The standard InChI is InChI=1S/C17H33N5/c1-4-6-7-8-10-16(3)21-17(19-5-2)20-11-9-13-22-14-12-18-15-22/h12,14-16H,4-11,13H2,1-3H3,(H2,19,20,21). The third kappa shape index (κ3) is 8.70. The van der Waals surface area contributed by atoms with Crippen LogP contribution in [0, 0.1) is 0 Å². The average Bonchev–Trinajstić information content (AvgIpc) is 3.01. The molecule has 0 aromatic carbocycles. The first kappa shape index (κ1) is 18.5. The molecule has 0 aliphatic rings. The fourth-order valence-corrected chi connectivity index (χ4v) is 2.37. The maximum absolute atomic E-state index is 4.66. The number of nitrogens with zero attached hydrogens (tertiary/aromatic N) is 3. The molecule has 1 unspecified atom stereocenters. The molecule has 0 fully saturated rings. The molecule has 22 heavy (non-hydrogen) atoms. The van der Waals surface area contributed by atoms with Crippen molar-refractivity contribution in [2.75, 3.05) is 13.1 Å². The summed E-state index contributed by atoms with van der Waals surface area (Å²) in [5.41, 5.74) is 0. The Kier molecular flexibility index (Phi) is 10.2. The minimum Gasteiger partial charge on any atom is -0.357 e. The minimum absolute atomic E-state index is 0.475. The average molecular weight is 307 g/mol. The Bertz CT molecular complexity index is 386. The highest BCUT2D eigenvalue weighted by Crippen LogP contribution is 2.05. The molecule has 0 bridgehead atoms. The van der Waals surface area contributed by atoms with Crippen molar-refractivity contribution in [3.63, 3.8) is 0 Å². The molecule has 0 amide bonds. The summed E-state index contributed by atoms with van der Waals surface area (Å²) in [6.45, 7) is 9.29. The van der Waals surface area contributed by atoms with E-state index in [-0.39, 0.29) is 0 Å². The third-order valence-corrected chi connectivity index (χ3v) is 3.62. The van der Waals surface area contributed by atoms with Gasteiger partial charge in [0.25, 0.3) is 0 Å². The van der Waals surface area contributed by atoms with E-state index in [4.69, 9.17) is 0 Å². The largest absolute Gasteiger partial charge is 0.357 e. The molecule has 1 heterocycles. The van der Waals surface area contributed by atoms with Gasteiger partial charge >= 0.3 is 0 Å². The Morgan fingerprint density at radius 2 is 2.09 bits per heavy atom. The molecule has 2 N–H and O–H groups in total. The lowest BCUT2D eigenvalue weighted by molar-refractivity contribution is 0.536. The summed E-state index contributed by atoms with van der Waals surface area (Å²) in [4.78, 5) is 8.71. The van der Waals surface area contributed by atoms with Crippen molar-refractivity contribution < 1.29 is 0 Å².